The first-order valence-electron chi connectivity index (χ1n) is 5.90. The number of amides is 1. The number of nitrogens with one attached hydrogen (secondary N) is 1. The van der Waals surface area contributed by atoms with Crippen molar-refractivity contribution in [2.45, 2.75) is 38.4 Å². The second-order valence-electron chi connectivity index (χ2n) is 5.27. The molecule has 1 aliphatic heterocycles. The van der Waals surface area contributed by atoms with Crippen LogP contribution < -0.4 is 5.32 Å². The van der Waals surface area contributed by atoms with Gasteiger partial charge in [-0.2, -0.15) is 13.2 Å². The summed E-state index contributed by atoms with van der Waals surface area (Å²) < 4.78 is 37.4. The monoisotopic (exact) mass is 250 g/mol. The van der Waals surface area contributed by atoms with E-state index in [2.05, 4.69) is 5.32 Å². The van der Waals surface area contributed by atoms with Gasteiger partial charge in [-0.05, 0) is 32.7 Å². The van der Waals surface area contributed by atoms with Gasteiger partial charge in [0, 0.05) is 12.6 Å². The molecule has 0 aromatic heterocycles. The second kappa shape index (κ2) is 4.15. The van der Waals surface area contributed by atoms with Crippen LogP contribution in [-0.2, 0) is 4.79 Å². The largest absolute Gasteiger partial charge is 0.406 e. The van der Waals surface area contributed by atoms with Crippen LogP contribution in [-0.4, -0.2) is 42.7 Å². The highest BCUT2D eigenvalue weighted by molar-refractivity contribution is 5.83. The topological polar surface area (TPSA) is 32.3 Å². The summed E-state index contributed by atoms with van der Waals surface area (Å²) in [5, 5.41) is 3.04. The van der Waals surface area contributed by atoms with Crippen LogP contribution in [0.2, 0.25) is 0 Å². The van der Waals surface area contributed by atoms with Crippen LogP contribution in [0.15, 0.2) is 0 Å². The Bertz CT molecular complexity index is 306. The minimum Gasteiger partial charge on any atom is -0.330 e. The van der Waals surface area contributed by atoms with Gasteiger partial charge in [-0.3, -0.25) is 4.79 Å². The predicted octanol–water partition coefficient (Wildman–Crippen LogP) is 1.54. The van der Waals surface area contributed by atoms with Gasteiger partial charge in [0.15, 0.2) is 0 Å². The van der Waals surface area contributed by atoms with Gasteiger partial charge in [0.2, 0.25) is 5.91 Å². The molecule has 1 aliphatic carbocycles. The van der Waals surface area contributed by atoms with Crippen molar-refractivity contribution in [3.05, 3.63) is 0 Å². The van der Waals surface area contributed by atoms with Gasteiger partial charge in [0.05, 0.1) is 5.41 Å². The smallest absolute Gasteiger partial charge is 0.330 e. The highest BCUT2D eigenvalue weighted by Gasteiger charge is 2.47. The van der Waals surface area contributed by atoms with Crippen LogP contribution in [0.5, 0.6) is 0 Å². The van der Waals surface area contributed by atoms with Crippen molar-refractivity contribution in [3.63, 3.8) is 0 Å². The SMILES string of the molecule is CC1(C(=O)N(CC(F)(F)F)C2CC2)CCNC1. The number of carbonyl (C=O) groups is 1. The Labute approximate surface area is 98.3 Å². The van der Waals surface area contributed by atoms with E-state index in [-0.39, 0.29) is 11.9 Å². The van der Waals surface area contributed by atoms with E-state index in [9.17, 15) is 18.0 Å². The van der Waals surface area contributed by atoms with E-state index in [0.717, 1.165) is 4.90 Å². The van der Waals surface area contributed by atoms with Crippen LogP contribution in [0.4, 0.5) is 13.2 Å². The number of nitrogens with zero attached hydrogens (tertiary/aromatic N) is 1. The predicted molar refractivity (Wildman–Crippen MR) is 56.4 cm³/mol. The van der Waals surface area contributed by atoms with Gasteiger partial charge < -0.3 is 10.2 Å². The molecule has 0 radical (unpaired) electrons. The van der Waals surface area contributed by atoms with Crippen molar-refractivity contribution in [1.29, 1.82) is 0 Å². The summed E-state index contributed by atoms with van der Waals surface area (Å²) in [4.78, 5) is 13.2. The summed E-state index contributed by atoms with van der Waals surface area (Å²) in [5.74, 6) is -0.345. The third kappa shape index (κ3) is 2.91. The number of rotatable bonds is 3. The van der Waals surface area contributed by atoms with E-state index in [1.54, 1.807) is 6.92 Å². The summed E-state index contributed by atoms with van der Waals surface area (Å²) in [6.45, 7) is 1.83. The zero-order chi connectivity index (χ0) is 12.7. The van der Waals surface area contributed by atoms with Crippen molar-refractivity contribution < 1.29 is 18.0 Å². The maximum absolute atomic E-state index is 12.5. The van der Waals surface area contributed by atoms with Crippen LogP contribution in [0.25, 0.3) is 0 Å². The minimum atomic E-state index is -4.30. The van der Waals surface area contributed by atoms with Crippen molar-refractivity contribution >= 4 is 5.91 Å². The Hall–Kier alpha value is -0.780. The summed E-state index contributed by atoms with van der Waals surface area (Å²) in [6, 6.07) is -0.193. The number of hydrogen-bond donors (Lipinski definition) is 1. The molecule has 1 atom stereocenters. The molecule has 0 aromatic rings. The zero-order valence-corrected chi connectivity index (χ0v) is 9.81. The Morgan fingerprint density at radius 2 is 2.12 bits per heavy atom. The van der Waals surface area contributed by atoms with Crippen LogP contribution in [0.1, 0.15) is 26.2 Å². The average Bonchev–Trinajstić information content (AvgIpc) is 2.96. The molecule has 0 aromatic carbocycles. The summed E-state index contributed by atoms with van der Waals surface area (Å²) in [6.07, 6.45) is -2.29. The Balaban J connectivity index is 2.07. The van der Waals surface area contributed by atoms with Gasteiger partial charge in [-0.1, -0.05) is 0 Å². The molecule has 1 amide bonds. The lowest BCUT2D eigenvalue weighted by atomic mass is 9.88. The fraction of sp³-hybridized carbons (Fsp3) is 0.909. The molecule has 3 nitrogen and oxygen atoms in total. The highest BCUT2D eigenvalue weighted by Crippen LogP contribution is 2.36. The van der Waals surface area contributed by atoms with E-state index in [1.165, 1.54) is 0 Å². The maximum atomic E-state index is 12.5. The Kier molecular flexibility index (Phi) is 3.10. The zero-order valence-electron chi connectivity index (χ0n) is 9.81. The van der Waals surface area contributed by atoms with E-state index in [1.807, 2.05) is 0 Å². The lowest BCUT2D eigenvalue weighted by Crippen LogP contribution is -2.48. The first-order valence-corrected chi connectivity index (χ1v) is 5.90. The molecule has 2 rings (SSSR count). The molecule has 1 saturated carbocycles. The van der Waals surface area contributed by atoms with E-state index >= 15 is 0 Å². The molecule has 2 aliphatic rings. The average molecular weight is 250 g/mol. The van der Waals surface area contributed by atoms with E-state index in [0.29, 0.717) is 32.4 Å². The molecule has 0 spiro atoms. The van der Waals surface area contributed by atoms with Crippen LogP contribution in [0.3, 0.4) is 0 Å². The van der Waals surface area contributed by atoms with Gasteiger partial charge in [-0.15, -0.1) is 0 Å². The quantitative estimate of drug-likeness (QED) is 0.824. The van der Waals surface area contributed by atoms with E-state index in [4.69, 9.17) is 0 Å². The van der Waals surface area contributed by atoms with Crippen LogP contribution in [0, 0.1) is 5.41 Å². The van der Waals surface area contributed by atoms with Crippen molar-refractivity contribution in [3.8, 4) is 0 Å². The lowest BCUT2D eigenvalue weighted by molar-refractivity contribution is -0.167. The number of carbonyl (C=O) groups excluding carboxylic acids is 1. The Morgan fingerprint density at radius 3 is 2.53 bits per heavy atom. The number of alkyl halides is 3. The van der Waals surface area contributed by atoms with Gasteiger partial charge in [0.25, 0.3) is 0 Å². The molecule has 6 heteroatoms. The van der Waals surface area contributed by atoms with Gasteiger partial charge in [0.1, 0.15) is 6.54 Å². The van der Waals surface area contributed by atoms with Crippen molar-refractivity contribution in [1.82, 2.24) is 10.2 Å². The molecule has 17 heavy (non-hydrogen) atoms. The molecular formula is C11H17F3N2O. The molecule has 1 heterocycles. The third-order valence-corrected chi connectivity index (χ3v) is 3.48. The standard InChI is InChI=1S/C11H17F3N2O/c1-10(4-5-15-6-10)9(17)16(8-2-3-8)7-11(12,13)14/h8,15H,2-7H2,1H3. The molecule has 2 fully saturated rings. The number of halogens is 3. The summed E-state index contributed by atoms with van der Waals surface area (Å²) >= 11 is 0. The lowest BCUT2D eigenvalue weighted by Gasteiger charge is -2.31. The highest BCUT2D eigenvalue weighted by atomic mass is 19.4. The second-order valence-corrected chi connectivity index (χ2v) is 5.27. The summed E-state index contributed by atoms with van der Waals surface area (Å²) in [5.41, 5.74) is -0.659. The van der Waals surface area contributed by atoms with Gasteiger partial charge in [-0.25, -0.2) is 0 Å². The molecular weight excluding hydrogens is 233 g/mol. The molecule has 0 bridgehead atoms. The number of hydrogen-bond acceptors (Lipinski definition) is 2. The maximum Gasteiger partial charge on any atom is 0.406 e. The molecule has 1 saturated heterocycles. The van der Waals surface area contributed by atoms with E-state index < -0.39 is 18.1 Å². The van der Waals surface area contributed by atoms with Crippen LogP contribution >= 0.6 is 0 Å². The Morgan fingerprint density at radius 1 is 1.47 bits per heavy atom. The molecule has 1 unspecified atom stereocenters. The fourth-order valence-corrected chi connectivity index (χ4v) is 2.29. The van der Waals surface area contributed by atoms with Gasteiger partial charge >= 0.3 is 6.18 Å². The van der Waals surface area contributed by atoms with Crippen molar-refractivity contribution in [2.24, 2.45) is 5.41 Å². The first-order chi connectivity index (χ1) is 7.82. The molecule has 1 N–H and O–H groups in total. The summed E-state index contributed by atoms with van der Waals surface area (Å²) in [7, 11) is 0. The normalized spacial score (nSPS) is 29.4. The van der Waals surface area contributed by atoms with Crippen molar-refractivity contribution in [2.75, 3.05) is 19.6 Å². The fourth-order valence-electron chi connectivity index (χ4n) is 2.29. The minimum absolute atomic E-state index is 0.193. The third-order valence-electron chi connectivity index (χ3n) is 3.48. The first kappa shape index (κ1) is 12.7. The molecule has 98 valence electrons.